The van der Waals surface area contributed by atoms with Crippen LogP contribution in [0.1, 0.15) is 18.4 Å². The maximum absolute atomic E-state index is 11.1. The fourth-order valence-electron chi connectivity index (χ4n) is 2.94. The second-order valence-electron chi connectivity index (χ2n) is 4.47. The van der Waals surface area contributed by atoms with E-state index in [-0.39, 0.29) is 11.8 Å². The van der Waals surface area contributed by atoms with Crippen LogP contribution < -0.4 is 4.90 Å². The topological polar surface area (TPSA) is 60.8 Å². The van der Waals surface area contributed by atoms with E-state index in [2.05, 4.69) is 0 Å². The molecule has 0 saturated carbocycles. The summed E-state index contributed by atoms with van der Waals surface area (Å²) in [5.74, 6) is -0.477. The first-order valence-electron chi connectivity index (χ1n) is 5.50. The van der Waals surface area contributed by atoms with Crippen molar-refractivity contribution in [1.82, 2.24) is 0 Å². The average Bonchev–Trinajstić information content (AvgIpc) is 2.77. The van der Waals surface area contributed by atoms with E-state index >= 15 is 0 Å². The van der Waals surface area contributed by atoms with Crippen molar-refractivity contribution in [3.8, 4) is 5.75 Å². The van der Waals surface area contributed by atoms with Crippen molar-refractivity contribution in [3.63, 3.8) is 0 Å². The molecule has 2 N–H and O–H groups in total. The van der Waals surface area contributed by atoms with E-state index in [0.29, 0.717) is 6.42 Å². The lowest BCUT2D eigenvalue weighted by molar-refractivity contribution is -0.138. The Morgan fingerprint density at radius 1 is 1.38 bits per heavy atom. The summed E-state index contributed by atoms with van der Waals surface area (Å²) >= 11 is 0. The van der Waals surface area contributed by atoms with E-state index in [1.165, 1.54) is 0 Å². The normalized spacial score (nSPS) is 26.6. The van der Waals surface area contributed by atoms with Crippen LogP contribution in [0.4, 0.5) is 5.69 Å². The molecular formula is C12H13NO3. The van der Waals surface area contributed by atoms with Crippen molar-refractivity contribution in [2.24, 2.45) is 0 Å². The standard InChI is InChI=1S/C12H13NO3/c14-11-3-1-2-9-8(11)6-7-4-5-10(12(15)16)13(7)9/h1-3,7,10,14H,4-6H2,(H,15,16). The van der Waals surface area contributed by atoms with Crippen LogP contribution in [0.2, 0.25) is 0 Å². The lowest BCUT2D eigenvalue weighted by atomic mass is 10.1. The Bertz CT molecular complexity index is 458. The number of rotatable bonds is 1. The van der Waals surface area contributed by atoms with Gasteiger partial charge in [-0.3, -0.25) is 0 Å². The number of phenolic OH excluding ortho intramolecular Hbond substituents is 1. The highest BCUT2D eigenvalue weighted by atomic mass is 16.4. The molecule has 1 fully saturated rings. The predicted molar refractivity (Wildman–Crippen MR) is 58.7 cm³/mol. The number of phenols is 1. The highest BCUT2D eigenvalue weighted by molar-refractivity contribution is 5.81. The van der Waals surface area contributed by atoms with Crippen LogP contribution in [0, 0.1) is 0 Å². The third-order valence-corrected chi connectivity index (χ3v) is 3.63. The molecule has 1 aromatic rings. The third kappa shape index (κ3) is 1.13. The van der Waals surface area contributed by atoms with Gasteiger partial charge in [0.05, 0.1) is 0 Å². The molecule has 0 spiro atoms. The molecule has 1 aromatic carbocycles. The highest BCUT2D eigenvalue weighted by Crippen LogP contribution is 2.44. The molecule has 84 valence electrons. The molecule has 1 saturated heterocycles. The molecule has 2 atom stereocenters. The maximum Gasteiger partial charge on any atom is 0.326 e. The van der Waals surface area contributed by atoms with Gasteiger partial charge in [0.15, 0.2) is 0 Å². The Kier molecular flexibility index (Phi) is 1.87. The molecule has 0 radical (unpaired) electrons. The van der Waals surface area contributed by atoms with Crippen molar-refractivity contribution >= 4 is 11.7 Å². The zero-order valence-electron chi connectivity index (χ0n) is 8.76. The van der Waals surface area contributed by atoms with Gasteiger partial charge < -0.3 is 15.1 Å². The smallest absolute Gasteiger partial charge is 0.326 e. The Hall–Kier alpha value is -1.71. The first-order valence-corrected chi connectivity index (χ1v) is 5.50. The molecule has 2 aliphatic heterocycles. The number of aliphatic carboxylic acids is 1. The van der Waals surface area contributed by atoms with Gasteiger partial charge in [-0.15, -0.1) is 0 Å². The highest BCUT2D eigenvalue weighted by Gasteiger charge is 2.43. The molecular weight excluding hydrogens is 206 g/mol. The summed E-state index contributed by atoms with van der Waals surface area (Å²) in [4.78, 5) is 13.1. The quantitative estimate of drug-likeness (QED) is 0.749. The van der Waals surface area contributed by atoms with Gasteiger partial charge in [0.1, 0.15) is 11.8 Å². The fourth-order valence-corrected chi connectivity index (χ4v) is 2.94. The van der Waals surface area contributed by atoms with Crippen molar-refractivity contribution in [1.29, 1.82) is 0 Å². The van der Waals surface area contributed by atoms with Crippen molar-refractivity contribution in [3.05, 3.63) is 23.8 Å². The van der Waals surface area contributed by atoms with Crippen LogP contribution in [-0.4, -0.2) is 28.3 Å². The first-order chi connectivity index (χ1) is 7.68. The molecule has 4 heteroatoms. The number of hydrogen-bond donors (Lipinski definition) is 2. The number of carboxylic acid groups (broad SMARTS) is 1. The minimum absolute atomic E-state index is 0.254. The van der Waals surface area contributed by atoms with Gasteiger partial charge in [0, 0.05) is 17.3 Å². The Balaban J connectivity index is 2.07. The van der Waals surface area contributed by atoms with Gasteiger partial charge in [0.2, 0.25) is 0 Å². The Morgan fingerprint density at radius 3 is 2.94 bits per heavy atom. The summed E-state index contributed by atoms with van der Waals surface area (Å²) in [6, 6.07) is 5.17. The zero-order valence-corrected chi connectivity index (χ0v) is 8.76. The SMILES string of the molecule is O=C(O)C1CCC2Cc3c(O)cccc3N21. The van der Waals surface area contributed by atoms with Crippen LogP contribution in [0.3, 0.4) is 0 Å². The number of anilines is 1. The van der Waals surface area contributed by atoms with Crippen molar-refractivity contribution < 1.29 is 15.0 Å². The summed E-state index contributed by atoms with van der Waals surface area (Å²) in [7, 11) is 0. The van der Waals surface area contributed by atoms with Gasteiger partial charge in [-0.25, -0.2) is 4.79 Å². The van der Waals surface area contributed by atoms with Gasteiger partial charge in [0.25, 0.3) is 0 Å². The van der Waals surface area contributed by atoms with Crippen molar-refractivity contribution in [2.45, 2.75) is 31.3 Å². The summed E-state index contributed by atoms with van der Waals surface area (Å²) in [5.41, 5.74) is 1.80. The molecule has 0 aromatic heterocycles. The number of benzene rings is 1. The molecule has 0 bridgehead atoms. The van der Waals surface area contributed by atoms with Crippen LogP contribution in [0.15, 0.2) is 18.2 Å². The lowest BCUT2D eigenvalue weighted by Gasteiger charge is -2.24. The Morgan fingerprint density at radius 2 is 2.19 bits per heavy atom. The third-order valence-electron chi connectivity index (χ3n) is 3.63. The summed E-state index contributed by atoms with van der Waals surface area (Å²) in [6.07, 6.45) is 2.37. The maximum atomic E-state index is 11.1. The predicted octanol–water partition coefficient (Wildman–Crippen LogP) is 1.37. The second kappa shape index (κ2) is 3.14. The minimum Gasteiger partial charge on any atom is -0.508 e. The number of carbonyl (C=O) groups is 1. The number of carboxylic acids is 1. The van der Waals surface area contributed by atoms with E-state index in [0.717, 1.165) is 24.1 Å². The first kappa shape index (κ1) is 9.51. The van der Waals surface area contributed by atoms with E-state index < -0.39 is 12.0 Å². The number of fused-ring (bicyclic) bond motifs is 3. The number of nitrogens with zero attached hydrogens (tertiary/aromatic N) is 1. The van der Waals surface area contributed by atoms with E-state index in [1.54, 1.807) is 12.1 Å². The molecule has 2 heterocycles. The molecule has 2 aliphatic rings. The van der Waals surface area contributed by atoms with Crippen LogP contribution >= 0.6 is 0 Å². The monoisotopic (exact) mass is 219 g/mol. The molecule has 4 nitrogen and oxygen atoms in total. The number of aromatic hydroxyl groups is 1. The number of hydrogen-bond acceptors (Lipinski definition) is 3. The Labute approximate surface area is 93.1 Å². The van der Waals surface area contributed by atoms with Gasteiger partial charge in [-0.2, -0.15) is 0 Å². The molecule has 0 amide bonds. The lowest BCUT2D eigenvalue weighted by Crippen LogP contribution is -2.38. The fraction of sp³-hybridized carbons (Fsp3) is 0.417. The molecule has 2 unspecified atom stereocenters. The zero-order chi connectivity index (χ0) is 11.3. The molecule has 16 heavy (non-hydrogen) atoms. The van der Waals surface area contributed by atoms with Crippen LogP contribution in [-0.2, 0) is 11.2 Å². The second-order valence-corrected chi connectivity index (χ2v) is 4.47. The minimum atomic E-state index is -0.765. The van der Waals surface area contributed by atoms with E-state index in [1.807, 2.05) is 11.0 Å². The summed E-state index contributed by atoms with van der Waals surface area (Å²) in [5, 5.41) is 18.9. The summed E-state index contributed by atoms with van der Waals surface area (Å²) in [6.45, 7) is 0. The average molecular weight is 219 g/mol. The largest absolute Gasteiger partial charge is 0.508 e. The van der Waals surface area contributed by atoms with Crippen LogP contribution in [0.5, 0.6) is 5.75 Å². The van der Waals surface area contributed by atoms with Crippen molar-refractivity contribution in [2.75, 3.05) is 4.90 Å². The van der Waals surface area contributed by atoms with Gasteiger partial charge in [-0.05, 0) is 31.4 Å². The summed E-state index contributed by atoms with van der Waals surface area (Å²) < 4.78 is 0. The molecule has 3 rings (SSSR count). The van der Waals surface area contributed by atoms with Crippen LogP contribution in [0.25, 0.3) is 0 Å². The van der Waals surface area contributed by atoms with E-state index in [4.69, 9.17) is 5.11 Å². The van der Waals surface area contributed by atoms with E-state index in [9.17, 15) is 9.90 Å². The molecule has 0 aliphatic carbocycles. The van der Waals surface area contributed by atoms with Gasteiger partial charge >= 0.3 is 5.97 Å². The van der Waals surface area contributed by atoms with Gasteiger partial charge in [-0.1, -0.05) is 6.07 Å².